The van der Waals surface area contributed by atoms with Crippen LogP contribution in [0.2, 0.25) is 0 Å². The fourth-order valence-electron chi connectivity index (χ4n) is 2.84. The number of amides is 1. The number of thiazole rings is 1. The number of rotatable bonds is 7. The third-order valence-corrected chi connectivity index (χ3v) is 7.32. The van der Waals surface area contributed by atoms with Gasteiger partial charge in [0.2, 0.25) is 10.0 Å². The Hall–Kier alpha value is -2.56. The van der Waals surface area contributed by atoms with Gasteiger partial charge in [-0.3, -0.25) is 10.1 Å². The molecule has 29 heavy (non-hydrogen) atoms. The molecule has 0 aliphatic rings. The van der Waals surface area contributed by atoms with Gasteiger partial charge in [0, 0.05) is 18.7 Å². The number of nitrogens with one attached hydrogen (secondary N) is 1. The van der Waals surface area contributed by atoms with E-state index in [2.05, 4.69) is 10.3 Å². The lowest BCUT2D eigenvalue weighted by Gasteiger charge is -2.20. The molecule has 10 heteroatoms. The van der Waals surface area contributed by atoms with Crippen molar-refractivity contribution >= 4 is 42.6 Å². The summed E-state index contributed by atoms with van der Waals surface area (Å²) >= 11 is 1.13. The predicted molar refractivity (Wildman–Crippen MR) is 111 cm³/mol. The Morgan fingerprint density at radius 2 is 1.93 bits per heavy atom. The van der Waals surface area contributed by atoms with Crippen LogP contribution in [-0.2, 0) is 10.0 Å². The van der Waals surface area contributed by atoms with Crippen molar-refractivity contribution in [2.45, 2.75) is 18.7 Å². The zero-order valence-corrected chi connectivity index (χ0v) is 17.7. The molecule has 0 aliphatic carbocycles. The van der Waals surface area contributed by atoms with E-state index in [0.717, 1.165) is 11.3 Å². The maximum atomic E-state index is 13.3. The average Bonchev–Trinajstić information content (AvgIpc) is 3.09. The largest absolute Gasteiger partial charge is 0.495 e. The number of carbonyl (C=O) groups excluding carboxylic acids is 1. The van der Waals surface area contributed by atoms with E-state index in [4.69, 9.17) is 4.74 Å². The zero-order valence-electron chi connectivity index (χ0n) is 16.1. The molecule has 0 aliphatic heterocycles. The Morgan fingerprint density at radius 1 is 1.21 bits per heavy atom. The molecular formula is C19H20FN3O4S2. The lowest BCUT2D eigenvalue weighted by molar-refractivity contribution is 0.102. The summed E-state index contributed by atoms with van der Waals surface area (Å²) in [7, 11) is -2.45. The van der Waals surface area contributed by atoms with E-state index in [1.54, 1.807) is 13.8 Å². The van der Waals surface area contributed by atoms with Crippen LogP contribution >= 0.6 is 11.3 Å². The fourth-order valence-corrected chi connectivity index (χ4v) is 5.37. The van der Waals surface area contributed by atoms with Crippen LogP contribution in [0, 0.1) is 5.82 Å². The summed E-state index contributed by atoms with van der Waals surface area (Å²) in [6.07, 6.45) is 0. The molecule has 2 aromatic carbocycles. The number of benzene rings is 2. The second kappa shape index (κ2) is 8.44. The number of fused-ring (bicyclic) bond motifs is 1. The standard InChI is InChI=1S/C19H20FN3O4S2/c1-4-23(5-2)29(25,26)17-10-12(6-9-15(17)27-3)18(24)22-19-21-14-8-7-13(20)11-16(14)28-19/h6-11H,4-5H2,1-3H3,(H,21,22,24). The summed E-state index contributed by atoms with van der Waals surface area (Å²) in [6, 6.07) is 8.36. The molecule has 0 bridgehead atoms. The van der Waals surface area contributed by atoms with E-state index >= 15 is 0 Å². The van der Waals surface area contributed by atoms with Crippen LogP contribution in [0.3, 0.4) is 0 Å². The molecule has 1 aromatic heterocycles. The highest BCUT2D eigenvalue weighted by molar-refractivity contribution is 7.89. The topological polar surface area (TPSA) is 88.6 Å². The van der Waals surface area contributed by atoms with Crippen molar-refractivity contribution in [1.29, 1.82) is 0 Å². The quantitative estimate of drug-likeness (QED) is 0.609. The fraction of sp³-hybridized carbons (Fsp3) is 0.263. The van der Waals surface area contributed by atoms with Gasteiger partial charge in [-0.25, -0.2) is 17.8 Å². The molecule has 3 aromatic rings. The monoisotopic (exact) mass is 437 g/mol. The minimum atomic E-state index is -3.82. The van der Waals surface area contributed by atoms with Crippen molar-refractivity contribution in [2.75, 3.05) is 25.5 Å². The number of aromatic nitrogens is 1. The summed E-state index contributed by atoms with van der Waals surface area (Å²) in [5.74, 6) is -0.757. The van der Waals surface area contributed by atoms with Crippen molar-refractivity contribution in [3.05, 3.63) is 47.8 Å². The number of carbonyl (C=O) groups is 1. The first-order valence-electron chi connectivity index (χ1n) is 8.85. The van der Waals surface area contributed by atoms with Crippen molar-refractivity contribution < 1.29 is 22.3 Å². The van der Waals surface area contributed by atoms with Crippen molar-refractivity contribution in [1.82, 2.24) is 9.29 Å². The zero-order chi connectivity index (χ0) is 21.2. The molecule has 0 saturated heterocycles. The lowest BCUT2D eigenvalue weighted by Crippen LogP contribution is -2.31. The summed E-state index contributed by atoms with van der Waals surface area (Å²) in [5, 5.41) is 2.93. The number of halogens is 1. The minimum Gasteiger partial charge on any atom is -0.495 e. The molecule has 0 atom stereocenters. The van der Waals surface area contributed by atoms with Gasteiger partial charge in [-0.05, 0) is 36.4 Å². The van der Waals surface area contributed by atoms with Gasteiger partial charge < -0.3 is 4.74 Å². The van der Waals surface area contributed by atoms with Crippen LogP contribution in [-0.4, -0.2) is 43.8 Å². The number of hydrogen-bond acceptors (Lipinski definition) is 6. The van der Waals surface area contributed by atoms with Crippen molar-refractivity contribution in [2.24, 2.45) is 0 Å². The normalized spacial score (nSPS) is 11.8. The summed E-state index contributed by atoms with van der Waals surface area (Å²) in [4.78, 5) is 16.8. The number of sulfonamides is 1. The highest BCUT2D eigenvalue weighted by Crippen LogP contribution is 2.30. The molecule has 0 radical (unpaired) electrons. The van der Waals surface area contributed by atoms with E-state index in [0.29, 0.717) is 28.4 Å². The minimum absolute atomic E-state index is 0.0808. The summed E-state index contributed by atoms with van der Waals surface area (Å²) in [5.41, 5.74) is 0.702. The molecule has 1 N–H and O–H groups in total. The van der Waals surface area contributed by atoms with E-state index in [-0.39, 0.29) is 22.0 Å². The number of hydrogen-bond donors (Lipinski definition) is 1. The molecule has 0 saturated carbocycles. The number of nitrogens with zero attached hydrogens (tertiary/aromatic N) is 2. The first kappa shape index (κ1) is 21.2. The molecule has 0 unspecified atom stereocenters. The van der Waals surface area contributed by atoms with Crippen LogP contribution in [0.25, 0.3) is 10.2 Å². The molecule has 0 spiro atoms. The first-order chi connectivity index (χ1) is 13.8. The van der Waals surface area contributed by atoms with Crippen LogP contribution in [0.15, 0.2) is 41.3 Å². The highest BCUT2D eigenvalue weighted by Gasteiger charge is 2.27. The van der Waals surface area contributed by atoms with Crippen LogP contribution in [0.4, 0.5) is 9.52 Å². The van der Waals surface area contributed by atoms with Gasteiger partial charge in [-0.2, -0.15) is 4.31 Å². The second-order valence-electron chi connectivity index (χ2n) is 6.04. The maximum Gasteiger partial charge on any atom is 0.257 e. The molecule has 3 rings (SSSR count). The average molecular weight is 438 g/mol. The Balaban J connectivity index is 1.94. The molecule has 7 nitrogen and oxygen atoms in total. The molecule has 154 valence electrons. The smallest absolute Gasteiger partial charge is 0.257 e. The van der Waals surface area contributed by atoms with Gasteiger partial charge >= 0.3 is 0 Å². The molecule has 1 heterocycles. The van der Waals surface area contributed by atoms with E-state index in [9.17, 15) is 17.6 Å². The van der Waals surface area contributed by atoms with E-state index in [1.807, 2.05) is 0 Å². The van der Waals surface area contributed by atoms with Crippen molar-refractivity contribution in [3.63, 3.8) is 0 Å². The maximum absolute atomic E-state index is 13.3. The number of methoxy groups -OCH3 is 1. The van der Waals surface area contributed by atoms with Crippen LogP contribution in [0.1, 0.15) is 24.2 Å². The van der Waals surface area contributed by atoms with E-state index in [1.165, 1.54) is 47.8 Å². The Kier molecular flexibility index (Phi) is 6.15. The Bertz CT molecular complexity index is 1160. The third-order valence-electron chi connectivity index (χ3n) is 4.32. The summed E-state index contributed by atoms with van der Waals surface area (Å²) in [6.45, 7) is 4.06. The van der Waals surface area contributed by atoms with Crippen molar-refractivity contribution in [3.8, 4) is 5.75 Å². The van der Waals surface area contributed by atoms with Gasteiger partial charge in [-0.1, -0.05) is 25.2 Å². The first-order valence-corrected chi connectivity index (χ1v) is 11.1. The third kappa shape index (κ3) is 4.24. The lowest BCUT2D eigenvalue weighted by atomic mass is 10.2. The van der Waals surface area contributed by atoms with Gasteiger partial charge in [0.15, 0.2) is 5.13 Å². The number of anilines is 1. The molecule has 1 amide bonds. The molecular weight excluding hydrogens is 417 g/mol. The van der Waals surface area contributed by atoms with Gasteiger partial charge in [-0.15, -0.1) is 0 Å². The highest BCUT2D eigenvalue weighted by atomic mass is 32.2. The predicted octanol–water partition coefficient (Wildman–Crippen LogP) is 3.73. The Morgan fingerprint density at radius 3 is 2.59 bits per heavy atom. The van der Waals surface area contributed by atoms with Gasteiger partial charge in [0.05, 0.1) is 17.3 Å². The summed E-state index contributed by atoms with van der Waals surface area (Å²) < 4.78 is 46.3. The van der Waals surface area contributed by atoms with Crippen LogP contribution in [0.5, 0.6) is 5.75 Å². The van der Waals surface area contributed by atoms with Gasteiger partial charge in [0.1, 0.15) is 16.5 Å². The van der Waals surface area contributed by atoms with Crippen LogP contribution < -0.4 is 10.1 Å². The molecule has 0 fully saturated rings. The SMILES string of the molecule is CCN(CC)S(=O)(=O)c1cc(C(=O)Nc2nc3ccc(F)cc3s2)ccc1OC. The Labute approximate surface area is 172 Å². The second-order valence-corrected chi connectivity index (χ2v) is 8.98. The van der Waals surface area contributed by atoms with Gasteiger partial charge in [0.25, 0.3) is 5.91 Å². The number of ether oxygens (including phenoxy) is 1. The van der Waals surface area contributed by atoms with E-state index < -0.39 is 15.9 Å².